The van der Waals surface area contributed by atoms with Crippen molar-refractivity contribution in [3.63, 3.8) is 0 Å². The van der Waals surface area contributed by atoms with E-state index in [9.17, 15) is 120 Å². The number of hydrogen-bond donors (Lipinski definition) is 17. The minimum Gasteiger partial charge on any atom is -0.356 e. The number of imide groups is 11. The van der Waals surface area contributed by atoms with Crippen molar-refractivity contribution in [1.82, 2.24) is 124 Å². The number of hydrogen-bond acceptors (Lipinski definition) is 26. The quantitative estimate of drug-likeness (QED) is 0.0180. The summed E-state index contributed by atoms with van der Waals surface area (Å²) in [5, 5.41) is 26.9. The van der Waals surface area contributed by atoms with Crippen LogP contribution in [-0.2, 0) is 67.1 Å². The summed E-state index contributed by atoms with van der Waals surface area (Å²) < 4.78 is 0. The Balaban J connectivity index is 4.92. The molecule has 0 saturated carbocycles. The highest BCUT2D eigenvalue weighted by molar-refractivity contribution is 6.12. The summed E-state index contributed by atoms with van der Waals surface area (Å²) in [6.07, 6.45) is 3.80. The topological polar surface area (TPSA) is 671 Å². The Labute approximate surface area is 589 Å². The van der Waals surface area contributed by atoms with Gasteiger partial charge >= 0.3 is 66.3 Å². The minimum absolute atomic E-state index is 0.0241. The average molecular weight is 1480 g/mol. The van der Waals surface area contributed by atoms with Gasteiger partial charge in [0.15, 0.2) is 6.29 Å². The number of nitrogens with two attached hydrogens (primary N) is 1. The van der Waals surface area contributed by atoms with Gasteiger partial charge in [-0.2, -0.15) is 0 Å². The van der Waals surface area contributed by atoms with E-state index < -0.39 is 207 Å². The summed E-state index contributed by atoms with van der Waals surface area (Å²) in [4.78, 5) is 315. The van der Waals surface area contributed by atoms with E-state index in [2.05, 4.69) is 32.9 Å². The molecule has 50 heteroatoms. The third kappa shape index (κ3) is 37.4. The molecule has 0 aromatic carbocycles. The number of amides is 35. The molecule has 104 heavy (non-hydrogen) atoms. The predicted molar refractivity (Wildman–Crippen MR) is 346 cm³/mol. The van der Waals surface area contributed by atoms with Gasteiger partial charge in [-0.1, -0.05) is 0 Å². The van der Waals surface area contributed by atoms with E-state index >= 15 is 0 Å². The summed E-state index contributed by atoms with van der Waals surface area (Å²) in [6.45, 7) is -1.13. The Hall–Kier alpha value is -13.5. The van der Waals surface area contributed by atoms with Crippen molar-refractivity contribution in [2.24, 2.45) is 5.73 Å². The molecule has 0 fully saturated rings. The highest BCUT2D eigenvalue weighted by atomic mass is 16.2. The molecule has 0 spiro atoms. The molecule has 572 valence electrons. The zero-order valence-electron chi connectivity index (χ0n) is 57.8. The number of nitrogens with one attached hydrogen (secondary N) is 16. The van der Waals surface area contributed by atoms with Crippen LogP contribution < -0.4 is 90.8 Å². The third-order valence-corrected chi connectivity index (χ3v) is 12.8. The molecule has 0 aliphatic rings. The molecule has 0 aromatic rings. The number of carbonyl (C=O) groups excluding carboxylic acids is 25. The van der Waals surface area contributed by atoms with Gasteiger partial charge < -0.3 is 66.2 Å². The van der Waals surface area contributed by atoms with Gasteiger partial charge in [-0.3, -0.25) is 131 Å². The van der Waals surface area contributed by atoms with Crippen molar-refractivity contribution >= 4 is 149 Å². The molecular formula is C54H81N25O25. The Morgan fingerprint density at radius 2 is 0.615 bits per heavy atom. The molecule has 0 aliphatic heterocycles. The lowest BCUT2D eigenvalue weighted by Gasteiger charge is -2.27. The molecule has 0 heterocycles. The van der Waals surface area contributed by atoms with Crippen molar-refractivity contribution in [2.75, 3.05) is 115 Å². The summed E-state index contributed by atoms with van der Waals surface area (Å²) in [5.41, 5.74) is 4.64. The van der Waals surface area contributed by atoms with Gasteiger partial charge in [0.25, 0.3) is 0 Å². The number of likely N-dealkylation sites (N-methyl/N-ethyl adjacent to an activating group) is 8. The van der Waals surface area contributed by atoms with Crippen molar-refractivity contribution < 1.29 is 120 Å². The van der Waals surface area contributed by atoms with Crippen LogP contribution in [0, 0.1) is 12.3 Å². The first kappa shape index (κ1) is 90.5. The Morgan fingerprint density at radius 1 is 0.337 bits per heavy atom. The first-order chi connectivity index (χ1) is 48.3. The van der Waals surface area contributed by atoms with Gasteiger partial charge in [-0.15, -0.1) is 12.3 Å². The van der Waals surface area contributed by atoms with Crippen LogP contribution in [0.3, 0.4) is 0 Å². The molecule has 0 aromatic heterocycles. The van der Waals surface area contributed by atoms with Crippen LogP contribution in [0.5, 0.6) is 0 Å². The fourth-order valence-electron chi connectivity index (χ4n) is 7.01. The molecule has 0 rings (SSSR count). The molecular weight excluding hydrogens is 1400 g/mol. The Kier molecular flexibility index (Phi) is 39.3. The standard InChI is InChI=1S/C54H81N25O25/c1-13-14-15-31(81)56-17-16-33(83)73(6)19-35(85)75(8)21-37(87)77(10)23-39(89)79(12)25-40(90)78(11)24-38(88)76(9)22-36(86)74(7)20-34(84)72(5)18-32(82)58-28(3)41(91)60-30(26-80)57-27(2)42(92)61-46(96)65-49(99)64-45(95)59-29(4)43(93)62-47(97)66-50(100)68-52(102)70-54(104)71-53(103)69-51(101)67-48(98)63-44(55)94/h1,26-30,57H,14-25H2,2-12H3,(H,56,81)(H,58,82)(H,60,91)(H4,59,61,64,65,92,95,96,99)(H10,55,62,63,66,67,68,69,70,71,93,94,97,98,100,101,102,103,104)/t27-,28?,29-,30?/m1/s1. The van der Waals surface area contributed by atoms with E-state index in [1.54, 1.807) is 5.32 Å². The number of rotatable bonds is 30. The lowest BCUT2D eigenvalue weighted by atomic mass is 10.2. The van der Waals surface area contributed by atoms with Crippen LogP contribution in [0.4, 0.5) is 52.7 Å². The zero-order chi connectivity index (χ0) is 80.0. The second-order valence-corrected chi connectivity index (χ2v) is 21.7. The lowest BCUT2D eigenvalue weighted by Crippen LogP contribution is -2.59. The van der Waals surface area contributed by atoms with E-state index in [-0.39, 0.29) is 44.5 Å². The lowest BCUT2D eigenvalue weighted by molar-refractivity contribution is -0.146. The highest BCUT2D eigenvalue weighted by Crippen LogP contribution is 2.02. The number of terminal acetylenes is 1. The summed E-state index contributed by atoms with van der Waals surface area (Å²) >= 11 is 0. The van der Waals surface area contributed by atoms with E-state index in [1.165, 1.54) is 116 Å². The van der Waals surface area contributed by atoms with Crippen LogP contribution in [0.15, 0.2) is 0 Å². The molecule has 2 unspecified atom stereocenters. The maximum atomic E-state index is 13.0. The van der Waals surface area contributed by atoms with Crippen LogP contribution >= 0.6 is 0 Å². The molecule has 4 atom stereocenters. The molecule has 0 saturated heterocycles. The van der Waals surface area contributed by atoms with Crippen LogP contribution in [0.25, 0.3) is 0 Å². The van der Waals surface area contributed by atoms with E-state index in [0.717, 1.165) is 53.0 Å². The Morgan fingerprint density at radius 3 is 0.933 bits per heavy atom. The number of carbonyl (C=O) groups is 25. The number of primary amides is 1. The summed E-state index contributed by atoms with van der Waals surface area (Å²) in [7, 11) is 10.1. The van der Waals surface area contributed by atoms with Crippen molar-refractivity contribution in [3.05, 3.63) is 0 Å². The van der Waals surface area contributed by atoms with E-state index in [0.29, 0.717) is 0 Å². The van der Waals surface area contributed by atoms with Crippen LogP contribution in [0.1, 0.15) is 40.0 Å². The van der Waals surface area contributed by atoms with Gasteiger partial charge in [0.1, 0.15) is 18.2 Å². The predicted octanol–water partition coefficient (Wildman–Crippen LogP) is -10.5. The van der Waals surface area contributed by atoms with Crippen LogP contribution in [0.2, 0.25) is 0 Å². The Bertz CT molecular complexity index is 3410. The van der Waals surface area contributed by atoms with Gasteiger partial charge in [0.2, 0.25) is 76.8 Å². The number of urea groups is 11. The van der Waals surface area contributed by atoms with E-state index in [4.69, 9.17) is 6.42 Å². The third-order valence-electron chi connectivity index (χ3n) is 12.8. The highest BCUT2D eigenvalue weighted by Gasteiger charge is 2.30. The van der Waals surface area contributed by atoms with Gasteiger partial charge in [0.05, 0.1) is 58.4 Å². The van der Waals surface area contributed by atoms with Crippen molar-refractivity contribution in [2.45, 2.75) is 64.3 Å². The molecule has 50 nitrogen and oxygen atoms in total. The maximum Gasteiger partial charge on any atom is 0.330 e. The number of nitrogens with zero attached hydrogens (tertiary/aromatic N) is 8. The average Bonchev–Trinajstić information content (AvgIpc) is 0.759. The minimum atomic E-state index is -1.71. The zero-order valence-corrected chi connectivity index (χ0v) is 57.8. The normalized spacial score (nSPS) is 11.2. The fourth-order valence-corrected chi connectivity index (χ4v) is 7.01. The van der Waals surface area contributed by atoms with Crippen molar-refractivity contribution in [1.29, 1.82) is 0 Å². The smallest absolute Gasteiger partial charge is 0.330 e. The summed E-state index contributed by atoms with van der Waals surface area (Å²) in [5.74, 6) is -7.94. The second-order valence-electron chi connectivity index (χ2n) is 21.7. The molecule has 0 bridgehead atoms. The SMILES string of the molecule is C#CCCC(=O)NCCC(=O)N(C)CC(=O)N(C)CC(=O)N(C)CC(=O)N(C)CC(=O)N(C)CC(=O)N(C)CC(=O)N(C)CC(=O)N(C)CC(=O)NC(C)C(=O)NC(C=O)N[C@H](C)C(=O)NC(=O)NC(=O)NC(=O)N[C@H](C)C(=O)NC(=O)NC(=O)NC(=O)NC(=O)NC(=O)NC(=O)NC(=O)NC(N)=O. The van der Waals surface area contributed by atoms with Crippen molar-refractivity contribution in [3.8, 4) is 12.3 Å². The fraction of sp³-hybridized carbons (Fsp3) is 0.500. The second kappa shape index (κ2) is 45.2. The molecule has 0 aliphatic carbocycles. The number of aldehydes is 1. The summed E-state index contributed by atoms with van der Waals surface area (Å²) in [6, 6.07) is -22.2. The van der Waals surface area contributed by atoms with E-state index in [1.807, 2.05) is 5.32 Å². The monoisotopic (exact) mass is 1480 g/mol. The van der Waals surface area contributed by atoms with Gasteiger partial charge in [-0.25, -0.2) is 52.7 Å². The van der Waals surface area contributed by atoms with Crippen LogP contribution in [-0.4, -0.2) is 328 Å². The molecule has 35 amide bonds. The first-order valence-electron chi connectivity index (χ1n) is 29.7. The maximum absolute atomic E-state index is 13.0. The molecule has 18 N–H and O–H groups in total. The largest absolute Gasteiger partial charge is 0.356 e. The van der Waals surface area contributed by atoms with Gasteiger partial charge in [0, 0.05) is 82.2 Å². The first-order valence-corrected chi connectivity index (χ1v) is 29.7. The van der Waals surface area contributed by atoms with Gasteiger partial charge in [-0.05, 0) is 20.8 Å². The molecule has 0 radical (unpaired) electrons.